The Bertz CT molecular complexity index is 1140. The summed E-state index contributed by atoms with van der Waals surface area (Å²) in [7, 11) is 0. The second-order valence-electron chi connectivity index (χ2n) is 6.03. The van der Waals surface area contributed by atoms with Crippen molar-refractivity contribution in [3.05, 3.63) is 53.7 Å². The van der Waals surface area contributed by atoms with Gasteiger partial charge in [-0.1, -0.05) is 6.07 Å². The molecule has 4 aromatic rings. The molecular formula is C17H13F4N5. The first-order valence-electron chi connectivity index (χ1n) is 7.63. The minimum absolute atomic E-state index is 0.126. The summed E-state index contributed by atoms with van der Waals surface area (Å²) in [6, 6.07) is 5.89. The van der Waals surface area contributed by atoms with Crippen LogP contribution in [0.3, 0.4) is 0 Å². The third-order valence-electron chi connectivity index (χ3n) is 4.15. The fourth-order valence-electron chi connectivity index (χ4n) is 2.84. The molecule has 9 heteroatoms. The van der Waals surface area contributed by atoms with Crippen molar-refractivity contribution in [1.82, 2.24) is 14.6 Å². The van der Waals surface area contributed by atoms with Gasteiger partial charge in [0.05, 0.1) is 22.2 Å². The fraction of sp³-hybridized carbons (Fsp3) is 0.118. The number of nitrogens with one attached hydrogen (secondary N) is 2. The minimum Gasteiger partial charge on any atom is -0.357 e. The van der Waals surface area contributed by atoms with Gasteiger partial charge in [-0.15, -0.1) is 0 Å². The maximum Gasteiger partial charge on any atom is 0.270 e. The molecular weight excluding hydrogens is 350 g/mol. The first-order chi connectivity index (χ1) is 12.2. The largest absolute Gasteiger partial charge is 0.357 e. The van der Waals surface area contributed by atoms with E-state index in [0.717, 1.165) is 19.1 Å². The number of aromatic amines is 1. The number of halogens is 4. The minimum atomic E-state index is -3.01. The van der Waals surface area contributed by atoms with E-state index in [1.165, 1.54) is 29.1 Å². The van der Waals surface area contributed by atoms with Crippen molar-refractivity contribution in [2.45, 2.75) is 12.8 Å². The lowest BCUT2D eigenvalue weighted by Gasteiger charge is -2.09. The monoisotopic (exact) mass is 363 g/mol. The van der Waals surface area contributed by atoms with Gasteiger partial charge < -0.3 is 16.1 Å². The molecule has 0 radical (unpaired) electrons. The van der Waals surface area contributed by atoms with Crippen LogP contribution in [0.15, 0.2) is 36.5 Å². The van der Waals surface area contributed by atoms with Gasteiger partial charge in [0, 0.05) is 30.1 Å². The zero-order valence-corrected chi connectivity index (χ0v) is 13.4. The molecule has 0 aliphatic heterocycles. The third kappa shape index (κ3) is 2.52. The van der Waals surface area contributed by atoms with Gasteiger partial charge in [-0.2, -0.15) is 0 Å². The first kappa shape index (κ1) is 16.2. The molecule has 0 bridgehead atoms. The summed E-state index contributed by atoms with van der Waals surface area (Å²) >= 11 is 0. The predicted octanol–water partition coefficient (Wildman–Crippen LogP) is 4.36. The van der Waals surface area contributed by atoms with Crippen LogP contribution in [0.4, 0.5) is 29.2 Å². The summed E-state index contributed by atoms with van der Waals surface area (Å²) in [6.45, 7) is 0.793. The number of hydrogen-bond donors (Lipinski definition) is 3. The Hall–Kier alpha value is -3.23. The van der Waals surface area contributed by atoms with E-state index in [4.69, 9.17) is 5.84 Å². The molecule has 0 saturated carbocycles. The molecule has 134 valence electrons. The molecule has 0 fully saturated rings. The van der Waals surface area contributed by atoms with E-state index in [2.05, 4.69) is 15.3 Å². The Morgan fingerprint density at radius 3 is 2.69 bits per heavy atom. The van der Waals surface area contributed by atoms with Gasteiger partial charge in [0.2, 0.25) is 5.95 Å². The second kappa shape index (κ2) is 5.38. The van der Waals surface area contributed by atoms with Gasteiger partial charge in [0.15, 0.2) is 0 Å². The quantitative estimate of drug-likeness (QED) is 0.374. The molecule has 0 spiro atoms. The Balaban J connectivity index is 1.79. The first-order valence-corrected chi connectivity index (χ1v) is 7.63. The van der Waals surface area contributed by atoms with Crippen molar-refractivity contribution in [3.63, 3.8) is 0 Å². The van der Waals surface area contributed by atoms with Crippen molar-refractivity contribution in [3.8, 4) is 0 Å². The zero-order valence-electron chi connectivity index (χ0n) is 13.4. The van der Waals surface area contributed by atoms with Crippen molar-refractivity contribution in [2.24, 2.45) is 0 Å². The van der Waals surface area contributed by atoms with E-state index >= 15 is 0 Å². The topological polar surface area (TPSA) is 71.7 Å². The van der Waals surface area contributed by atoms with Gasteiger partial charge in [-0.05, 0) is 18.2 Å². The number of aromatic nitrogens is 3. The van der Waals surface area contributed by atoms with Gasteiger partial charge in [0.25, 0.3) is 5.92 Å². The highest BCUT2D eigenvalue weighted by Gasteiger charge is 2.25. The lowest BCUT2D eigenvalue weighted by Crippen LogP contribution is -2.11. The van der Waals surface area contributed by atoms with Crippen LogP contribution in [0.1, 0.15) is 12.5 Å². The van der Waals surface area contributed by atoms with E-state index in [0.29, 0.717) is 11.2 Å². The smallest absolute Gasteiger partial charge is 0.270 e. The molecule has 2 aromatic carbocycles. The SMILES string of the molecule is CC(F)(F)c1ccc2c(c1)nc(Nc1c[nH]c3c(F)cc(F)cc13)n2N. The summed E-state index contributed by atoms with van der Waals surface area (Å²) in [5.41, 5.74) is 0.984. The summed E-state index contributed by atoms with van der Waals surface area (Å²) in [6.07, 6.45) is 1.44. The standard InChI is InChI=1S/C17H13F4N5/c1-17(20,21)8-2-3-14-12(4-8)24-16(26(14)22)25-13-7-23-15-10(13)5-9(18)6-11(15)19/h2-7,23H,22H2,1H3,(H,24,25). The van der Waals surface area contributed by atoms with Crippen LogP contribution in [-0.4, -0.2) is 14.6 Å². The number of nitrogens with two attached hydrogens (primary N) is 1. The molecule has 2 heterocycles. The van der Waals surface area contributed by atoms with E-state index in [9.17, 15) is 17.6 Å². The van der Waals surface area contributed by atoms with E-state index in [1.807, 2.05) is 0 Å². The number of rotatable bonds is 3. The second-order valence-corrected chi connectivity index (χ2v) is 6.03. The lowest BCUT2D eigenvalue weighted by molar-refractivity contribution is 0.0176. The zero-order chi connectivity index (χ0) is 18.6. The van der Waals surface area contributed by atoms with Gasteiger partial charge in [-0.25, -0.2) is 27.2 Å². The Morgan fingerprint density at radius 2 is 1.96 bits per heavy atom. The molecule has 0 saturated heterocycles. The number of benzene rings is 2. The average molecular weight is 363 g/mol. The van der Waals surface area contributed by atoms with Gasteiger partial charge in [0.1, 0.15) is 11.6 Å². The molecule has 5 nitrogen and oxygen atoms in total. The normalized spacial score (nSPS) is 12.2. The number of anilines is 2. The molecule has 0 atom stereocenters. The van der Waals surface area contributed by atoms with Crippen molar-refractivity contribution < 1.29 is 17.6 Å². The van der Waals surface area contributed by atoms with Crippen LogP contribution in [-0.2, 0) is 5.92 Å². The summed E-state index contributed by atoms with van der Waals surface area (Å²) in [4.78, 5) is 6.91. The number of nitrogen functional groups attached to an aromatic ring is 1. The van der Waals surface area contributed by atoms with Crippen molar-refractivity contribution >= 4 is 33.6 Å². The molecule has 2 aromatic heterocycles. The van der Waals surface area contributed by atoms with Crippen molar-refractivity contribution in [2.75, 3.05) is 11.2 Å². The van der Waals surface area contributed by atoms with E-state index in [-0.39, 0.29) is 27.9 Å². The predicted molar refractivity (Wildman–Crippen MR) is 90.9 cm³/mol. The Morgan fingerprint density at radius 1 is 1.19 bits per heavy atom. The van der Waals surface area contributed by atoms with E-state index in [1.54, 1.807) is 0 Å². The number of imidazole rings is 1. The number of fused-ring (bicyclic) bond motifs is 2. The maximum absolute atomic E-state index is 13.8. The fourth-order valence-corrected chi connectivity index (χ4v) is 2.84. The number of alkyl halides is 2. The van der Waals surface area contributed by atoms with Crippen LogP contribution >= 0.6 is 0 Å². The third-order valence-corrected chi connectivity index (χ3v) is 4.15. The highest BCUT2D eigenvalue weighted by molar-refractivity contribution is 5.94. The van der Waals surface area contributed by atoms with Crippen molar-refractivity contribution in [1.29, 1.82) is 0 Å². The van der Waals surface area contributed by atoms with Crippen LogP contribution in [0.2, 0.25) is 0 Å². The molecule has 4 rings (SSSR count). The van der Waals surface area contributed by atoms with Gasteiger partial charge >= 0.3 is 0 Å². The molecule has 4 N–H and O–H groups in total. The van der Waals surface area contributed by atoms with Crippen LogP contribution in [0.5, 0.6) is 0 Å². The summed E-state index contributed by atoms with van der Waals surface area (Å²) in [5.74, 6) is 1.64. The summed E-state index contributed by atoms with van der Waals surface area (Å²) < 4.78 is 55.4. The van der Waals surface area contributed by atoms with Gasteiger partial charge in [-0.3, -0.25) is 0 Å². The Kier molecular flexibility index (Phi) is 3.36. The summed E-state index contributed by atoms with van der Waals surface area (Å²) in [5, 5.41) is 3.15. The highest BCUT2D eigenvalue weighted by Crippen LogP contribution is 2.32. The highest BCUT2D eigenvalue weighted by atomic mass is 19.3. The van der Waals surface area contributed by atoms with E-state index < -0.39 is 17.6 Å². The molecule has 26 heavy (non-hydrogen) atoms. The molecule has 0 amide bonds. The average Bonchev–Trinajstić information content (AvgIpc) is 3.09. The molecule has 0 aliphatic rings. The maximum atomic E-state index is 13.8. The number of nitrogens with zero attached hydrogens (tertiary/aromatic N) is 2. The van der Waals surface area contributed by atoms with Crippen LogP contribution in [0.25, 0.3) is 21.9 Å². The lowest BCUT2D eigenvalue weighted by atomic mass is 10.1. The number of H-pyrrole nitrogens is 1. The Labute approximate surface area is 144 Å². The number of hydrogen-bond acceptors (Lipinski definition) is 3. The molecule has 0 unspecified atom stereocenters. The molecule has 0 aliphatic carbocycles. The van der Waals surface area contributed by atoms with Crippen LogP contribution in [0, 0.1) is 11.6 Å². The van der Waals surface area contributed by atoms with Crippen LogP contribution < -0.4 is 11.2 Å².